The average molecular weight is 365 g/mol. The number of likely N-dealkylation sites (tertiary alicyclic amines) is 1. The quantitative estimate of drug-likeness (QED) is 0.742. The molecule has 138 valence electrons. The molecule has 3 aromatic rings. The number of para-hydroxylation sites is 1. The number of hydrogen-bond donors (Lipinski definition) is 2. The van der Waals surface area contributed by atoms with Crippen LogP contribution >= 0.6 is 0 Å². The maximum absolute atomic E-state index is 13.7. The van der Waals surface area contributed by atoms with E-state index in [4.69, 9.17) is 5.73 Å². The van der Waals surface area contributed by atoms with Gasteiger partial charge < -0.3 is 16.0 Å². The minimum atomic E-state index is -0.525. The molecule has 0 radical (unpaired) electrons. The third-order valence-electron chi connectivity index (χ3n) is 5.03. The molecule has 2 atom stereocenters. The fraction of sp³-hybridized carbons (Fsp3) is 0.250. The van der Waals surface area contributed by atoms with Crippen molar-refractivity contribution in [3.8, 4) is 0 Å². The highest BCUT2D eigenvalue weighted by Crippen LogP contribution is 2.31. The summed E-state index contributed by atoms with van der Waals surface area (Å²) in [5.74, 6) is 0.00252. The molecule has 0 bridgehead atoms. The minimum absolute atomic E-state index is 0.0483. The van der Waals surface area contributed by atoms with E-state index in [0.717, 1.165) is 24.0 Å². The van der Waals surface area contributed by atoms with Crippen molar-refractivity contribution in [2.45, 2.75) is 12.0 Å². The first-order valence-corrected chi connectivity index (χ1v) is 8.77. The lowest BCUT2D eigenvalue weighted by Crippen LogP contribution is -2.28. The third kappa shape index (κ3) is 3.33. The molecule has 1 amide bonds. The number of likely N-dealkylation sites (N-methyl/N-ethyl adjacent to an activating group) is 1. The highest BCUT2D eigenvalue weighted by atomic mass is 19.1. The predicted molar refractivity (Wildman–Crippen MR) is 102 cm³/mol. The first-order valence-electron chi connectivity index (χ1n) is 8.77. The number of nitrogens with zero attached hydrogens (tertiary/aromatic N) is 3. The number of carbonyl (C=O) groups excluding carboxylic acids is 1. The summed E-state index contributed by atoms with van der Waals surface area (Å²) in [5, 5.41) is 4.22. The molecule has 6 nitrogen and oxygen atoms in total. The molecular formula is C20H20FN5O. The van der Waals surface area contributed by atoms with Crippen LogP contribution in [0.4, 0.5) is 10.2 Å². The number of benzene rings is 2. The lowest BCUT2D eigenvalue weighted by atomic mass is 9.94. The van der Waals surface area contributed by atoms with Crippen molar-refractivity contribution in [2.24, 2.45) is 5.73 Å². The number of primary amides is 1. The van der Waals surface area contributed by atoms with Crippen LogP contribution in [0.2, 0.25) is 0 Å². The Morgan fingerprint density at radius 2 is 2.04 bits per heavy atom. The van der Waals surface area contributed by atoms with E-state index < -0.39 is 5.91 Å². The van der Waals surface area contributed by atoms with Gasteiger partial charge in [0.05, 0.1) is 11.1 Å². The van der Waals surface area contributed by atoms with Gasteiger partial charge in [0.2, 0.25) is 0 Å². The van der Waals surface area contributed by atoms with E-state index in [-0.39, 0.29) is 17.8 Å². The summed E-state index contributed by atoms with van der Waals surface area (Å²) in [4.78, 5) is 22.5. The second-order valence-corrected chi connectivity index (χ2v) is 6.92. The monoisotopic (exact) mass is 365 g/mol. The Morgan fingerprint density at radius 3 is 2.81 bits per heavy atom. The first-order chi connectivity index (χ1) is 13.0. The molecule has 0 aliphatic carbocycles. The number of rotatable bonds is 4. The summed E-state index contributed by atoms with van der Waals surface area (Å²) >= 11 is 0. The third-order valence-corrected chi connectivity index (χ3v) is 5.03. The number of aromatic nitrogens is 2. The van der Waals surface area contributed by atoms with E-state index in [2.05, 4.69) is 20.2 Å². The van der Waals surface area contributed by atoms with E-state index in [1.807, 2.05) is 19.2 Å². The molecule has 2 aromatic carbocycles. The van der Waals surface area contributed by atoms with Crippen LogP contribution in [0.25, 0.3) is 10.9 Å². The van der Waals surface area contributed by atoms with Crippen LogP contribution in [0.3, 0.4) is 0 Å². The van der Waals surface area contributed by atoms with Gasteiger partial charge in [-0.2, -0.15) is 0 Å². The maximum atomic E-state index is 13.7. The van der Waals surface area contributed by atoms with E-state index in [0.29, 0.717) is 16.9 Å². The van der Waals surface area contributed by atoms with Crippen molar-refractivity contribution in [1.29, 1.82) is 0 Å². The summed E-state index contributed by atoms with van der Waals surface area (Å²) in [6.45, 7) is 1.61. The number of anilines is 1. The van der Waals surface area contributed by atoms with Gasteiger partial charge in [-0.05, 0) is 36.9 Å². The van der Waals surface area contributed by atoms with E-state index in [1.54, 1.807) is 24.3 Å². The average Bonchev–Trinajstić information content (AvgIpc) is 3.01. The van der Waals surface area contributed by atoms with Crippen LogP contribution in [-0.4, -0.2) is 47.0 Å². The topological polar surface area (TPSA) is 84.1 Å². The number of carbonyl (C=O) groups is 1. The van der Waals surface area contributed by atoms with Crippen molar-refractivity contribution < 1.29 is 9.18 Å². The van der Waals surface area contributed by atoms with Crippen molar-refractivity contribution >= 4 is 22.6 Å². The Kier molecular flexibility index (Phi) is 4.45. The largest absolute Gasteiger partial charge is 0.366 e. The summed E-state index contributed by atoms with van der Waals surface area (Å²) in [5.41, 5.74) is 7.30. The number of hydrogen-bond acceptors (Lipinski definition) is 5. The summed E-state index contributed by atoms with van der Waals surface area (Å²) in [6, 6.07) is 12.1. The minimum Gasteiger partial charge on any atom is -0.366 e. The molecule has 4 rings (SSSR count). The Hall–Kier alpha value is -3.06. The van der Waals surface area contributed by atoms with Gasteiger partial charge in [-0.15, -0.1) is 0 Å². The zero-order valence-corrected chi connectivity index (χ0v) is 14.9. The molecule has 0 saturated carbocycles. The normalized spacial score (nSPS) is 20.1. The molecule has 2 heterocycles. The van der Waals surface area contributed by atoms with Gasteiger partial charge in [0.1, 0.15) is 18.0 Å². The van der Waals surface area contributed by atoms with Crippen LogP contribution in [0.5, 0.6) is 0 Å². The van der Waals surface area contributed by atoms with Gasteiger partial charge in [0.25, 0.3) is 5.91 Å². The molecule has 7 heteroatoms. The summed E-state index contributed by atoms with van der Waals surface area (Å²) in [6.07, 6.45) is 1.42. The van der Waals surface area contributed by atoms with Gasteiger partial charge in [-0.25, -0.2) is 14.4 Å². The molecule has 3 N–H and O–H groups in total. The maximum Gasteiger partial charge on any atom is 0.250 e. The zero-order valence-electron chi connectivity index (χ0n) is 14.9. The van der Waals surface area contributed by atoms with Crippen molar-refractivity contribution in [1.82, 2.24) is 14.9 Å². The highest BCUT2D eigenvalue weighted by Gasteiger charge is 2.32. The number of fused-ring (bicyclic) bond motifs is 1. The Labute approximate surface area is 156 Å². The lowest BCUT2D eigenvalue weighted by molar-refractivity contribution is 0.100. The molecule has 1 aliphatic rings. The zero-order chi connectivity index (χ0) is 19.0. The number of nitrogens with two attached hydrogens (primary N) is 1. The van der Waals surface area contributed by atoms with Crippen molar-refractivity contribution in [2.75, 3.05) is 25.5 Å². The Bertz CT molecular complexity index is 1010. The second kappa shape index (κ2) is 6.92. The van der Waals surface area contributed by atoms with Gasteiger partial charge >= 0.3 is 0 Å². The fourth-order valence-electron chi connectivity index (χ4n) is 3.80. The molecule has 1 saturated heterocycles. The van der Waals surface area contributed by atoms with E-state index in [1.165, 1.54) is 12.4 Å². The van der Waals surface area contributed by atoms with Crippen LogP contribution in [-0.2, 0) is 0 Å². The highest BCUT2D eigenvalue weighted by molar-refractivity contribution is 6.06. The number of halogens is 1. The molecule has 0 unspecified atom stereocenters. The van der Waals surface area contributed by atoms with E-state index >= 15 is 0 Å². The molecular weight excluding hydrogens is 345 g/mol. The van der Waals surface area contributed by atoms with Crippen molar-refractivity contribution in [3.63, 3.8) is 0 Å². The van der Waals surface area contributed by atoms with Crippen LogP contribution in [0, 0.1) is 5.82 Å². The van der Waals surface area contributed by atoms with Gasteiger partial charge in [0, 0.05) is 30.4 Å². The smallest absolute Gasteiger partial charge is 0.250 e. The predicted octanol–water partition coefficient (Wildman–Crippen LogP) is 2.38. The number of nitrogens with one attached hydrogen (secondary N) is 1. The fourth-order valence-corrected chi connectivity index (χ4v) is 3.80. The van der Waals surface area contributed by atoms with Gasteiger partial charge in [-0.1, -0.05) is 18.2 Å². The first kappa shape index (κ1) is 17.4. The molecule has 0 spiro atoms. The molecule has 1 aromatic heterocycles. The standard InChI is InChI=1S/C20H20FN5O/c1-26-9-16(12-4-2-5-13(21)8-12)17(10-26)25-20-15-7-3-6-14(19(22)27)18(15)23-11-24-20/h2-8,11,16-17H,9-10H2,1H3,(H2,22,27)(H,23,24,25)/t16-,17+/m1/s1. The van der Waals surface area contributed by atoms with Crippen LogP contribution in [0.15, 0.2) is 48.8 Å². The summed E-state index contributed by atoms with van der Waals surface area (Å²) < 4.78 is 13.7. The van der Waals surface area contributed by atoms with Crippen molar-refractivity contribution in [3.05, 3.63) is 65.7 Å². The van der Waals surface area contributed by atoms with Gasteiger partial charge in [0.15, 0.2) is 0 Å². The SMILES string of the molecule is CN1C[C@H](Nc2ncnc3c(C(N)=O)cccc23)[C@@H](c2cccc(F)c2)C1. The van der Waals surface area contributed by atoms with Crippen LogP contribution in [0.1, 0.15) is 21.8 Å². The second-order valence-electron chi connectivity index (χ2n) is 6.92. The Morgan fingerprint density at radius 1 is 1.22 bits per heavy atom. The summed E-state index contributed by atoms with van der Waals surface area (Å²) in [7, 11) is 2.04. The van der Waals surface area contributed by atoms with Crippen LogP contribution < -0.4 is 11.1 Å². The number of amides is 1. The molecule has 1 fully saturated rings. The molecule has 27 heavy (non-hydrogen) atoms. The Balaban J connectivity index is 1.70. The molecule has 1 aliphatic heterocycles. The van der Waals surface area contributed by atoms with Gasteiger partial charge in [-0.3, -0.25) is 4.79 Å². The van der Waals surface area contributed by atoms with E-state index in [9.17, 15) is 9.18 Å². The lowest BCUT2D eigenvalue weighted by Gasteiger charge is -2.21.